The van der Waals surface area contributed by atoms with Crippen molar-refractivity contribution < 1.29 is 26.7 Å². The summed E-state index contributed by atoms with van der Waals surface area (Å²) in [6.45, 7) is 0. The van der Waals surface area contributed by atoms with Gasteiger partial charge in [0, 0.05) is 13.1 Å². The summed E-state index contributed by atoms with van der Waals surface area (Å²) in [5.74, 6) is -5.29. The van der Waals surface area contributed by atoms with Crippen molar-refractivity contribution in [2.24, 2.45) is 0 Å². The molecule has 0 aliphatic carbocycles. The van der Waals surface area contributed by atoms with Crippen molar-refractivity contribution >= 4 is 5.82 Å². The molecule has 0 unspecified atom stereocenters. The Morgan fingerprint density at radius 2 is 1.86 bits per heavy atom. The maximum absolute atomic E-state index is 13.4. The third kappa shape index (κ3) is 3.36. The minimum absolute atomic E-state index is 0.177. The number of rotatable bonds is 3. The lowest BCUT2D eigenvalue weighted by Crippen LogP contribution is -2.13. The fourth-order valence-electron chi connectivity index (χ4n) is 1.41. The summed E-state index contributed by atoms with van der Waals surface area (Å²) in [5, 5.41) is 2.39. The molecule has 0 bridgehead atoms. The van der Waals surface area contributed by atoms with Gasteiger partial charge in [-0.15, -0.1) is 0 Å². The van der Waals surface area contributed by atoms with E-state index in [1.165, 1.54) is 7.05 Å². The van der Waals surface area contributed by atoms with Gasteiger partial charge in [-0.2, -0.15) is 22.5 Å². The van der Waals surface area contributed by atoms with Crippen LogP contribution in [-0.4, -0.2) is 17.0 Å². The molecule has 0 fully saturated rings. The maximum Gasteiger partial charge on any atom is 0.451 e. The maximum atomic E-state index is 13.4. The first-order valence-electron chi connectivity index (χ1n) is 5.57. The van der Waals surface area contributed by atoms with E-state index in [4.69, 9.17) is 4.74 Å². The molecule has 0 atom stereocenters. The molecule has 0 saturated heterocycles. The van der Waals surface area contributed by atoms with Crippen LogP contribution in [0.1, 0.15) is 5.82 Å². The average Bonchev–Trinajstić information content (AvgIpc) is 2.42. The van der Waals surface area contributed by atoms with Crippen LogP contribution >= 0.6 is 0 Å². The van der Waals surface area contributed by atoms with Gasteiger partial charge >= 0.3 is 6.18 Å². The summed E-state index contributed by atoms with van der Waals surface area (Å²) < 4.78 is 69.2. The molecule has 1 aromatic carbocycles. The molecule has 0 spiro atoms. The Bertz CT molecular complexity index is 660. The Balaban J connectivity index is 2.42. The van der Waals surface area contributed by atoms with Gasteiger partial charge in [-0.3, -0.25) is 0 Å². The van der Waals surface area contributed by atoms with Crippen LogP contribution in [-0.2, 0) is 6.18 Å². The predicted molar refractivity (Wildman–Crippen MR) is 63.0 cm³/mol. The van der Waals surface area contributed by atoms with Gasteiger partial charge in [-0.05, 0) is 12.1 Å². The fourth-order valence-corrected chi connectivity index (χ4v) is 1.41. The zero-order valence-electron chi connectivity index (χ0n) is 10.5. The molecule has 1 N–H and O–H groups in total. The average molecular weight is 305 g/mol. The van der Waals surface area contributed by atoms with E-state index in [2.05, 4.69) is 15.3 Å². The number of nitrogens with zero attached hydrogens (tertiary/aromatic N) is 2. The Morgan fingerprint density at radius 3 is 2.48 bits per heavy atom. The number of alkyl halides is 3. The first-order valence-corrected chi connectivity index (χ1v) is 5.57. The van der Waals surface area contributed by atoms with Crippen LogP contribution in [0.4, 0.5) is 27.8 Å². The van der Waals surface area contributed by atoms with Crippen LogP contribution in [0, 0.1) is 11.6 Å². The molecule has 2 aromatic rings. The number of hydrogen-bond acceptors (Lipinski definition) is 4. The van der Waals surface area contributed by atoms with E-state index in [-0.39, 0.29) is 5.82 Å². The second kappa shape index (κ2) is 5.51. The van der Waals surface area contributed by atoms with Crippen molar-refractivity contribution in [1.82, 2.24) is 9.97 Å². The normalized spacial score (nSPS) is 11.3. The zero-order chi connectivity index (χ0) is 15.6. The van der Waals surface area contributed by atoms with E-state index in [0.29, 0.717) is 0 Å². The van der Waals surface area contributed by atoms with Gasteiger partial charge in [0.05, 0.1) is 0 Å². The summed E-state index contributed by atoms with van der Waals surface area (Å²) >= 11 is 0. The molecular weight excluding hydrogens is 297 g/mol. The summed E-state index contributed by atoms with van der Waals surface area (Å²) in [6.07, 6.45) is -4.80. The van der Waals surface area contributed by atoms with Crippen molar-refractivity contribution in [3.8, 4) is 11.6 Å². The number of halogens is 5. The monoisotopic (exact) mass is 305 g/mol. The first kappa shape index (κ1) is 14.9. The molecule has 0 amide bonds. The van der Waals surface area contributed by atoms with Gasteiger partial charge < -0.3 is 10.1 Å². The van der Waals surface area contributed by atoms with E-state index in [1.807, 2.05) is 0 Å². The van der Waals surface area contributed by atoms with Crippen LogP contribution in [0.3, 0.4) is 0 Å². The number of hydrogen-bond donors (Lipinski definition) is 1. The third-order valence-electron chi connectivity index (χ3n) is 2.34. The molecule has 112 valence electrons. The highest BCUT2D eigenvalue weighted by atomic mass is 19.4. The van der Waals surface area contributed by atoms with E-state index < -0.39 is 35.3 Å². The molecule has 0 aliphatic heterocycles. The number of nitrogens with one attached hydrogen (secondary N) is 1. The molecule has 2 rings (SSSR count). The quantitative estimate of drug-likeness (QED) is 0.880. The standard InChI is InChI=1S/C12H8F5N3O/c1-18-8-5-9(20-11(19-8)12(15,16)17)21-7-4-2-3-6(13)10(7)14/h2-5H,1H3,(H,18,19,20). The molecule has 21 heavy (non-hydrogen) atoms. The van der Waals surface area contributed by atoms with Gasteiger partial charge in [0.25, 0.3) is 0 Å². The summed E-state index contributed by atoms with van der Waals surface area (Å²) in [5.41, 5.74) is 0. The Kier molecular flexibility index (Phi) is 3.92. The van der Waals surface area contributed by atoms with E-state index >= 15 is 0 Å². The van der Waals surface area contributed by atoms with Crippen molar-refractivity contribution in [3.63, 3.8) is 0 Å². The highest BCUT2D eigenvalue weighted by molar-refractivity contribution is 5.40. The zero-order valence-corrected chi connectivity index (χ0v) is 10.5. The number of benzene rings is 1. The van der Waals surface area contributed by atoms with E-state index in [1.54, 1.807) is 0 Å². The molecule has 0 aliphatic rings. The minimum Gasteiger partial charge on any atom is -0.436 e. The second-order valence-electron chi connectivity index (χ2n) is 3.82. The summed E-state index contributed by atoms with van der Waals surface area (Å²) in [6, 6.07) is 4.09. The lowest BCUT2D eigenvalue weighted by molar-refractivity contribution is -0.145. The van der Waals surface area contributed by atoms with Gasteiger partial charge in [0.2, 0.25) is 17.5 Å². The SMILES string of the molecule is CNc1cc(Oc2cccc(F)c2F)nc(C(F)(F)F)n1. The van der Waals surface area contributed by atoms with Crippen LogP contribution in [0.25, 0.3) is 0 Å². The molecule has 0 saturated carbocycles. The molecule has 4 nitrogen and oxygen atoms in total. The number of aromatic nitrogens is 2. The first-order chi connectivity index (χ1) is 9.81. The Morgan fingerprint density at radius 1 is 1.14 bits per heavy atom. The van der Waals surface area contributed by atoms with Crippen molar-refractivity contribution in [2.45, 2.75) is 6.18 Å². The van der Waals surface area contributed by atoms with Crippen LogP contribution in [0.5, 0.6) is 11.6 Å². The molecular formula is C12H8F5N3O. The third-order valence-corrected chi connectivity index (χ3v) is 2.34. The molecule has 1 heterocycles. The highest BCUT2D eigenvalue weighted by Gasteiger charge is 2.35. The van der Waals surface area contributed by atoms with E-state index in [0.717, 1.165) is 24.3 Å². The predicted octanol–water partition coefficient (Wildman–Crippen LogP) is 3.61. The van der Waals surface area contributed by atoms with Gasteiger partial charge in [-0.1, -0.05) is 6.07 Å². The number of anilines is 1. The second-order valence-corrected chi connectivity index (χ2v) is 3.82. The van der Waals surface area contributed by atoms with Crippen molar-refractivity contribution in [2.75, 3.05) is 12.4 Å². The molecule has 9 heteroatoms. The minimum atomic E-state index is -4.80. The van der Waals surface area contributed by atoms with Crippen molar-refractivity contribution in [1.29, 1.82) is 0 Å². The van der Waals surface area contributed by atoms with Gasteiger partial charge in [0.15, 0.2) is 11.6 Å². The molecule has 1 aromatic heterocycles. The van der Waals surface area contributed by atoms with Crippen LogP contribution < -0.4 is 10.1 Å². The van der Waals surface area contributed by atoms with E-state index in [9.17, 15) is 22.0 Å². The smallest absolute Gasteiger partial charge is 0.436 e. The van der Waals surface area contributed by atoms with Gasteiger partial charge in [0.1, 0.15) is 5.82 Å². The Labute approximate surface area is 115 Å². The highest BCUT2D eigenvalue weighted by Crippen LogP contribution is 2.31. The summed E-state index contributed by atoms with van der Waals surface area (Å²) in [7, 11) is 1.34. The molecule has 0 radical (unpaired) electrons. The van der Waals surface area contributed by atoms with Crippen LogP contribution in [0.2, 0.25) is 0 Å². The Hall–Kier alpha value is -2.45. The van der Waals surface area contributed by atoms with Crippen molar-refractivity contribution in [3.05, 3.63) is 41.7 Å². The lowest BCUT2D eigenvalue weighted by Gasteiger charge is -2.11. The van der Waals surface area contributed by atoms with Crippen LogP contribution in [0.15, 0.2) is 24.3 Å². The topological polar surface area (TPSA) is 47.0 Å². The van der Waals surface area contributed by atoms with Gasteiger partial charge in [-0.25, -0.2) is 9.37 Å². The largest absolute Gasteiger partial charge is 0.451 e. The lowest BCUT2D eigenvalue weighted by atomic mass is 10.3. The fraction of sp³-hybridized carbons (Fsp3) is 0.167. The number of ether oxygens (including phenoxy) is 1. The summed E-state index contributed by atoms with van der Waals surface area (Å²) in [4.78, 5) is 6.34.